The minimum Gasteiger partial charge on any atom is -0.386 e. The van der Waals surface area contributed by atoms with Gasteiger partial charge in [-0.3, -0.25) is 4.79 Å². The van der Waals surface area contributed by atoms with E-state index in [1.807, 2.05) is 0 Å². The second-order valence-corrected chi connectivity index (χ2v) is 3.76. The van der Waals surface area contributed by atoms with Gasteiger partial charge in [-0.25, -0.2) is 9.59 Å². The highest BCUT2D eigenvalue weighted by molar-refractivity contribution is 5.90. The van der Waals surface area contributed by atoms with Crippen LogP contribution in [-0.4, -0.2) is 30.7 Å². The van der Waals surface area contributed by atoms with Crippen molar-refractivity contribution in [2.45, 2.75) is 12.6 Å². The number of hydrogen-bond donors (Lipinski definition) is 2. The lowest BCUT2D eigenvalue weighted by Crippen LogP contribution is -2.32. The Morgan fingerprint density at radius 1 is 1.10 bits per heavy atom. The molecule has 21 heavy (non-hydrogen) atoms. The minimum atomic E-state index is -5.23. The Kier molecular flexibility index (Phi) is 5.70. The fourth-order valence-electron chi connectivity index (χ4n) is 1.19. The number of para-hydroxylation sites is 1. The van der Waals surface area contributed by atoms with Gasteiger partial charge in [-0.15, -0.1) is 0 Å². The van der Waals surface area contributed by atoms with Gasteiger partial charge in [0.2, 0.25) is 0 Å². The SMILES string of the molecule is O=C(NCCC(=O)OC(=O)C(F)(F)F)Nc1ccccc1. The maximum Gasteiger partial charge on any atom is 0.491 e. The molecule has 0 bridgehead atoms. The van der Waals surface area contributed by atoms with Crippen LogP contribution in [0.25, 0.3) is 0 Å². The average Bonchev–Trinajstić information content (AvgIpc) is 2.38. The Labute approximate surface area is 117 Å². The van der Waals surface area contributed by atoms with Crippen molar-refractivity contribution in [3.8, 4) is 0 Å². The van der Waals surface area contributed by atoms with Gasteiger partial charge in [0.05, 0.1) is 6.42 Å². The molecule has 0 atom stereocenters. The summed E-state index contributed by atoms with van der Waals surface area (Å²) in [6.07, 6.45) is -5.79. The van der Waals surface area contributed by atoms with Crippen molar-refractivity contribution in [3.63, 3.8) is 0 Å². The van der Waals surface area contributed by atoms with Gasteiger partial charge in [-0.05, 0) is 12.1 Å². The van der Waals surface area contributed by atoms with Crippen LogP contribution in [0, 0.1) is 0 Å². The molecule has 1 aromatic rings. The Morgan fingerprint density at radius 2 is 1.71 bits per heavy atom. The lowest BCUT2D eigenvalue weighted by molar-refractivity contribution is -0.201. The Hall–Kier alpha value is -2.58. The number of nitrogens with one attached hydrogen (secondary N) is 2. The molecule has 6 nitrogen and oxygen atoms in total. The number of hydrogen-bond acceptors (Lipinski definition) is 4. The van der Waals surface area contributed by atoms with Gasteiger partial charge in [0.25, 0.3) is 0 Å². The van der Waals surface area contributed by atoms with E-state index in [0.717, 1.165) is 0 Å². The third kappa shape index (κ3) is 6.41. The molecule has 0 aromatic heterocycles. The predicted molar refractivity (Wildman–Crippen MR) is 65.2 cm³/mol. The number of ether oxygens (including phenoxy) is 1. The zero-order chi connectivity index (χ0) is 15.9. The van der Waals surface area contributed by atoms with Crippen molar-refractivity contribution in [1.82, 2.24) is 5.32 Å². The van der Waals surface area contributed by atoms with Crippen LogP contribution in [0.1, 0.15) is 6.42 Å². The maximum absolute atomic E-state index is 11.8. The van der Waals surface area contributed by atoms with E-state index in [1.54, 1.807) is 30.3 Å². The van der Waals surface area contributed by atoms with Crippen LogP contribution < -0.4 is 10.6 Å². The number of carbonyl (C=O) groups excluding carboxylic acids is 3. The molecular formula is C12H11F3N2O4. The van der Waals surface area contributed by atoms with Crippen molar-refractivity contribution in [2.24, 2.45) is 0 Å². The molecule has 0 spiro atoms. The number of esters is 2. The summed E-state index contributed by atoms with van der Waals surface area (Å²) in [6, 6.07) is 7.73. The fourth-order valence-corrected chi connectivity index (χ4v) is 1.19. The first-order chi connectivity index (χ1) is 9.79. The topological polar surface area (TPSA) is 84.5 Å². The average molecular weight is 304 g/mol. The summed E-state index contributed by atoms with van der Waals surface area (Å²) < 4.78 is 38.9. The largest absolute Gasteiger partial charge is 0.491 e. The van der Waals surface area contributed by atoms with Gasteiger partial charge in [0, 0.05) is 12.2 Å². The van der Waals surface area contributed by atoms with Crippen LogP contribution in [0.3, 0.4) is 0 Å². The van der Waals surface area contributed by atoms with Gasteiger partial charge in [0.15, 0.2) is 0 Å². The first kappa shape index (κ1) is 16.5. The van der Waals surface area contributed by atoms with Gasteiger partial charge in [0.1, 0.15) is 0 Å². The van der Waals surface area contributed by atoms with Crippen LogP contribution in [-0.2, 0) is 14.3 Å². The standard InChI is InChI=1S/C12H11F3N2O4/c13-12(14,15)10(19)21-9(18)6-7-16-11(20)17-8-4-2-1-3-5-8/h1-5H,6-7H2,(H2,16,17,20). The van der Waals surface area contributed by atoms with Crippen LogP contribution in [0.15, 0.2) is 30.3 Å². The monoisotopic (exact) mass is 304 g/mol. The molecule has 0 aliphatic carbocycles. The van der Waals surface area contributed by atoms with Crippen molar-refractivity contribution in [1.29, 1.82) is 0 Å². The van der Waals surface area contributed by atoms with Gasteiger partial charge in [-0.2, -0.15) is 13.2 Å². The molecule has 1 rings (SSSR count). The fraction of sp³-hybridized carbons (Fsp3) is 0.250. The number of benzene rings is 1. The number of anilines is 1. The third-order valence-electron chi connectivity index (χ3n) is 2.08. The first-order valence-electron chi connectivity index (χ1n) is 5.71. The number of carbonyl (C=O) groups is 3. The first-order valence-corrected chi connectivity index (χ1v) is 5.71. The van der Waals surface area contributed by atoms with E-state index in [-0.39, 0.29) is 6.54 Å². The van der Waals surface area contributed by atoms with Crippen molar-refractivity contribution >= 4 is 23.7 Å². The number of alkyl halides is 3. The normalized spacial score (nSPS) is 10.6. The molecule has 0 unspecified atom stereocenters. The lowest BCUT2D eigenvalue weighted by Gasteiger charge is -2.08. The second kappa shape index (κ2) is 7.27. The van der Waals surface area contributed by atoms with Crippen molar-refractivity contribution in [2.75, 3.05) is 11.9 Å². The van der Waals surface area contributed by atoms with Crippen molar-refractivity contribution in [3.05, 3.63) is 30.3 Å². The number of rotatable bonds is 4. The van der Waals surface area contributed by atoms with Crippen LogP contribution in [0.2, 0.25) is 0 Å². The molecule has 0 saturated carbocycles. The van der Waals surface area contributed by atoms with Gasteiger partial charge < -0.3 is 15.4 Å². The highest BCUT2D eigenvalue weighted by atomic mass is 19.4. The Bertz CT molecular complexity index is 517. The lowest BCUT2D eigenvalue weighted by atomic mass is 10.3. The van der Waals surface area contributed by atoms with E-state index in [1.165, 1.54) is 0 Å². The van der Waals surface area contributed by atoms with E-state index in [4.69, 9.17) is 0 Å². The molecule has 0 radical (unpaired) electrons. The van der Waals surface area contributed by atoms with E-state index < -0.39 is 30.6 Å². The van der Waals surface area contributed by atoms with Gasteiger partial charge in [-0.1, -0.05) is 18.2 Å². The molecule has 0 aliphatic heterocycles. The summed E-state index contributed by atoms with van der Waals surface area (Å²) >= 11 is 0. The van der Waals surface area contributed by atoms with E-state index >= 15 is 0 Å². The third-order valence-corrected chi connectivity index (χ3v) is 2.08. The second-order valence-electron chi connectivity index (χ2n) is 3.76. The number of urea groups is 1. The van der Waals surface area contributed by atoms with Crippen molar-refractivity contribution < 1.29 is 32.3 Å². The van der Waals surface area contributed by atoms with E-state index in [2.05, 4.69) is 15.4 Å². The smallest absolute Gasteiger partial charge is 0.386 e. The van der Waals surface area contributed by atoms with E-state index in [9.17, 15) is 27.6 Å². The Balaban J connectivity index is 2.26. The molecule has 0 heterocycles. The van der Waals surface area contributed by atoms with Crippen LogP contribution in [0.4, 0.5) is 23.7 Å². The highest BCUT2D eigenvalue weighted by Crippen LogP contribution is 2.16. The van der Waals surface area contributed by atoms with Gasteiger partial charge >= 0.3 is 24.1 Å². The van der Waals surface area contributed by atoms with E-state index in [0.29, 0.717) is 5.69 Å². The minimum absolute atomic E-state index is 0.275. The molecule has 0 saturated heterocycles. The number of halogens is 3. The summed E-state index contributed by atoms with van der Waals surface area (Å²) in [6.45, 7) is -0.275. The maximum atomic E-state index is 11.8. The summed E-state index contributed by atoms with van der Waals surface area (Å²) in [5.74, 6) is -3.96. The quantitative estimate of drug-likeness (QED) is 0.656. The molecule has 2 N–H and O–H groups in total. The predicted octanol–water partition coefficient (Wildman–Crippen LogP) is 1.83. The summed E-state index contributed by atoms with van der Waals surface area (Å²) in [5, 5.41) is 4.66. The summed E-state index contributed by atoms with van der Waals surface area (Å²) in [5.41, 5.74) is 0.504. The molecule has 1 aromatic carbocycles. The summed E-state index contributed by atoms with van der Waals surface area (Å²) in [7, 11) is 0. The molecule has 114 valence electrons. The molecule has 0 fully saturated rings. The molecular weight excluding hydrogens is 293 g/mol. The zero-order valence-corrected chi connectivity index (χ0v) is 10.6. The molecule has 2 amide bonds. The zero-order valence-electron chi connectivity index (χ0n) is 10.6. The number of amides is 2. The molecule has 0 aliphatic rings. The highest BCUT2D eigenvalue weighted by Gasteiger charge is 2.42. The molecule has 9 heteroatoms. The summed E-state index contributed by atoms with van der Waals surface area (Å²) in [4.78, 5) is 32.6. The Morgan fingerprint density at radius 3 is 2.29 bits per heavy atom. The van der Waals surface area contributed by atoms with Crippen LogP contribution >= 0.6 is 0 Å². The van der Waals surface area contributed by atoms with Crippen LogP contribution in [0.5, 0.6) is 0 Å².